The van der Waals surface area contributed by atoms with E-state index in [1.807, 2.05) is 23.1 Å². The van der Waals surface area contributed by atoms with Gasteiger partial charge >= 0.3 is 0 Å². The van der Waals surface area contributed by atoms with Crippen molar-refractivity contribution in [2.24, 2.45) is 10.9 Å². The summed E-state index contributed by atoms with van der Waals surface area (Å²) in [6.07, 6.45) is 6.26. The number of amides is 1. The average Bonchev–Trinajstić information content (AvgIpc) is 3.40. The molecule has 1 aliphatic carbocycles. The van der Waals surface area contributed by atoms with Crippen molar-refractivity contribution in [2.75, 3.05) is 33.8 Å². The molecule has 1 saturated carbocycles. The molecule has 1 atom stereocenters. The van der Waals surface area contributed by atoms with Gasteiger partial charge in [-0.2, -0.15) is 0 Å². The fourth-order valence-electron chi connectivity index (χ4n) is 4.07. The van der Waals surface area contributed by atoms with Gasteiger partial charge in [-0.3, -0.25) is 9.79 Å². The highest BCUT2D eigenvalue weighted by Crippen LogP contribution is 2.28. The first-order valence-electron chi connectivity index (χ1n) is 10.2. The summed E-state index contributed by atoms with van der Waals surface area (Å²) >= 11 is 6.30. The Bertz CT molecular complexity index is 710. The molecule has 8 heteroatoms. The molecule has 0 bridgehead atoms. The average molecular weight is 535 g/mol. The fourth-order valence-corrected chi connectivity index (χ4v) is 4.34. The minimum absolute atomic E-state index is 0. The lowest BCUT2D eigenvalue weighted by Crippen LogP contribution is -2.45. The molecule has 1 aromatic carbocycles. The summed E-state index contributed by atoms with van der Waals surface area (Å²) < 4.78 is 5.19. The highest BCUT2D eigenvalue weighted by atomic mass is 127. The standard InChI is InChI=1S/C21H31ClN4O2.HI/c1-23-21(24-11-9-15-7-8-18(28-2)13-19(15)22)25-17-10-12-26(14-17)20(27)16-5-3-4-6-16;/h7-8,13,16-17H,3-6,9-12,14H2,1-2H3,(H2,23,24,25);1H. The summed E-state index contributed by atoms with van der Waals surface area (Å²) in [5.74, 6) is 2.13. The van der Waals surface area contributed by atoms with Crippen molar-refractivity contribution in [1.29, 1.82) is 0 Å². The number of likely N-dealkylation sites (tertiary alicyclic amines) is 1. The third-order valence-electron chi connectivity index (χ3n) is 5.72. The lowest BCUT2D eigenvalue weighted by atomic mass is 10.1. The molecule has 1 heterocycles. The van der Waals surface area contributed by atoms with Crippen LogP contribution in [0.25, 0.3) is 0 Å². The summed E-state index contributed by atoms with van der Waals surface area (Å²) in [6.45, 7) is 2.33. The normalized spacial score (nSPS) is 19.8. The topological polar surface area (TPSA) is 66.0 Å². The number of aliphatic imine (C=N–C) groups is 1. The van der Waals surface area contributed by atoms with Crippen molar-refractivity contribution in [3.63, 3.8) is 0 Å². The predicted octanol–water partition coefficient (Wildman–Crippen LogP) is 3.47. The molecule has 1 aliphatic heterocycles. The summed E-state index contributed by atoms with van der Waals surface area (Å²) in [6, 6.07) is 5.99. The number of guanidine groups is 1. The Morgan fingerprint density at radius 1 is 1.31 bits per heavy atom. The molecular formula is C21H32ClIN4O2. The van der Waals surface area contributed by atoms with Gasteiger partial charge in [0.25, 0.3) is 0 Å². The number of benzene rings is 1. The summed E-state index contributed by atoms with van der Waals surface area (Å²) in [7, 11) is 3.40. The number of nitrogens with zero attached hydrogens (tertiary/aromatic N) is 2. The highest BCUT2D eigenvalue weighted by Gasteiger charge is 2.32. The fraction of sp³-hybridized carbons (Fsp3) is 0.619. The Kier molecular flexibility index (Phi) is 9.82. The minimum atomic E-state index is 0. The first kappa shape index (κ1) is 24.1. The Hall–Kier alpha value is -1.22. The Balaban J connectivity index is 0.00000300. The Morgan fingerprint density at radius 3 is 2.72 bits per heavy atom. The van der Waals surface area contributed by atoms with Gasteiger partial charge in [0.05, 0.1) is 7.11 Å². The molecule has 1 saturated heterocycles. The second-order valence-corrected chi connectivity index (χ2v) is 8.01. The third-order valence-corrected chi connectivity index (χ3v) is 6.07. The van der Waals surface area contributed by atoms with Crippen LogP contribution in [-0.4, -0.2) is 56.6 Å². The maximum Gasteiger partial charge on any atom is 0.225 e. The van der Waals surface area contributed by atoms with Gasteiger partial charge in [-0.15, -0.1) is 24.0 Å². The molecule has 0 spiro atoms. The maximum atomic E-state index is 12.6. The molecule has 0 radical (unpaired) electrons. The van der Waals surface area contributed by atoms with E-state index in [4.69, 9.17) is 16.3 Å². The first-order valence-corrected chi connectivity index (χ1v) is 10.6. The number of rotatable bonds is 6. The van der Waals surface area contributed by atoms with E-state index >= 15 is 0 Å². The number of nitrogens with one attached hydrogen (secondary N) is 2. The van der Waals surface area contributed by atoms with Crippen molar-refractivity contribution in [2.45, 2.75) is 44.6 Å². The van der Waals surface area contributed by atoms with Crippen LogP contribution in [-0.2, 0) is 11.2 Å². The lowest BCUT2D eigenvalue weighted by molar-refractivity contribution is -0.134. The van der Waals surface area contributed by atoms with E-state index in [0.717, 1.165) is 62.6 Å². The van der Waals surface area contributed by atoms with Crippen LogP contribution in [0.5, 0.6) is 5.75 Å². The quantitative estimate of drug-likeness (QED) is 0.333. The van der Waals surface area contributed by atoms with Crippen molar-refractivity contribution in [3.05, 3.63) is 28.8 Å². The number of halogens is 2. The SMILES string of the molecule is CN=C(NCCc1ccc(OC)cc1Cl)NC1CCN(C(=O)C2CCCC2)C1.I. The van der Waals surface area contributed by atoms with Crippen LogP contribution in [0.1, 0.15) is 37.7 Å². The van der Waals surface area contributed by atoms with Gasteiger partial charge < -0.3 is 20.3 Å². The monoisotopic (exact) mass is 534 g/mol. The van der Waals surface area contributed by atoms with Crippen LogP contribution in [0.15, 0.2) is 23.2 Å². The molecule has 0 aromatic heterocycles. The summed E-state index contributed by atoms with van der Waals surface area (Å²) in [5.41, 5.74) is 1.07. The van der Waals surface area contributed by atoms with E-state index in [1.54, 1.807) is 14.2 Å². The van der Waals surface area contributed by atoms with Gasteiger partial charge in [0.15, 0.2) is 5.96 Å². The van der Waals surface area contributed by atoms with Crippen molar-refractivity contribution in [3.8, 4) is 5.75 Å². The largest absolute Gasteiger partial charge is 0.497 e. The number of hydrogen-bond acceptors (Lipinski definition) is 3. The number of methoxy groups -OCH3 is 1. The molecule has 1 unspecified atom stereocenters. The van der Waals surface area contributed by atoms with Crippen molar-refractivity contribution >= 4 is 47.4 Å². The second kappa shape index (κ2) is 11.8. The molecular weight excluding hydrogens is 503 g/mol. The van der Waals surface area contributed by atoms with Gasteiger partial charge in [-0.05, 0) is 43.4 Å². The number of ether oxygens (including phenoxy) is 1. The smallest absolute Gasteiger partial charge is 0.225 e. The third kappa shape index (κ3) is 6.64. The number of carbonyl (C=O) groups is 1. The van der Waals surface area contributed by atoms with Crippen LogP contribution < -0.4 is 15.4 Å². The van der Waals surface area contributed by atoms with E-state index in [1.165, 1.54) is 12.8 Å². The summed E-state index contributed by atoms with van der Waals surface area (Å²) in [4.78, 5) is 18.9. The molecule has 6 nitrogen and oxygen atoms in total. The molecule has 2 fully saturated rings. The van der Waals surface area contributed by atoms with Gasteiger partial charge in [-0.25, -0.2) is 0 Å². The molecule has 2 aliphatic rings. The van der Waals surface area contributed by atoms with Crippen LogP contribution in [0.4, 0.5) is 0 Å². The lowest BCUT2D eigenvalue weighted by Gasteiger charge is -2.21. The molecule has 29 heavy (non-hydrogen) atoms. The van der Waals surface area contributed by atoms with Gasteiger partial charge in [0, 0.05) is 43.7 Å². The van der Waals surface area contributed by atoms with Crippen LogP contribution in [0.2, 0.25) is 5.02 Å². The first-order chi connectivity index (χ1) is 13.6. The second-order valence-electron chi connectivity index (χ2n) is 7.60. The van der Waals surface area contributed by atoms with Crippen molar-refractivity contribution < 1.29 is 9.53 Å². The van der Waals surface area contributed by atoms with Crippen LogP contribution in [0.3, 0.4) is 0 Å². The summed E-state index contributed by atoms with van der Waals surface area (Å²) in [5, 5.41) is 7.51. The molecule has 1 amide bonds. The van der Waals surface area contributed by atoms with E-state index in [9.17, 15) is 4.79 Å². The van der Waals surface area contributed by atoms with E-state index in [2.05, 4.69) is 15.6 Å². The molecule has 2 N–H and O–H groups in total. The van der Waals surface area contributed by atoms with Crippen LogP contribution >= 0.6 is 35.6 Å². The highest BCUT2D eigenvalue weighted by molar-refractivity contribution is 14.0. The molecule has 1 aromatic rings. The van der Waals surface area contributed by atoms with E-state index in [-0.39, 0.29) is 35.9 Å². The van der Waals surface area contributed by atoms with Gasteiger partial charge in [-0.1, -0.05) is 30.5 Å². The van der Waals surface area contributed by atoms with Gasteiger partial charge in [0.1, 0.15) is 5.75 Å². The zero-order valence-corrected chi connectivity index (χ0v) is 20.3. The predicted molar refractivity (Wildman–Crippen MR) is 129 cm³/mol. The molecule has 3 rings (SSSR count). The maximum absolute atomic E-state index is 12.6. The van der Waals surface area contributed by atoms with E-state index in [0.29, 0.717) is 10.9 Å². The minimum Gasteiger partial charge on any atom is -0.497 e. The Morgan fingerprint density at radius 2 is 2.07 bits per heavy atom. The zero-order chi connectivity index (χ0) is 19.9. The molecule has 162 valence electrons. The number of carbonyl (C=O) groups excluding carboxylic acids is 1. The zero-order valence-electron chi connectivity index (χ0n) is 17.2. The Labute approximate surface area is 195 Å². The van der Waals surface area contributed by atoms with Gasteiger partial charge in [0.2, 0.25) is 5.91 Å². The number of hydrogen-bond donors (Lipinski definition) is 2. The van der Waals surface area contributed by atoms with Crippen LogP contribution in [0, 0.1) is 5.92 Å². The van der Waals surface area contributed by atoms with E-state index < -0.39 is 0 Å². The van der Waals surface area contributed by atoms with Crippen molar-refractivity contribution in [1.82, 2.24) is 15.5 Å².